The number of amides is 1. The molecule has 7 heteroatoms. The lowest BCUT2D eigenvalue weighted by molar-refractivity contribution is -0.133. The minimum atomic E-state index is -0.522. The Morgan fingerprint density at radius 1 is 0.962 bits per heavy atom. The fourth-order valence-electron chi connectivity index (χ4n) is 2.05. The Bertz CT molecular complexity index is 816. The zero-order valence-corrected chi connectivity index (χ0v) is 15.0. The minimum Gasteiger partial charge on any atom is -0.503 e. The molecule has 0 spiro atoms. The summed E-state index contributed by atoms with van der Waals surface area (Å²) < 4.78 is 15.0. The first-order valence-corrected chi connectivity index (χ1v) is 7.96. The summed E-state index contributed by atoms with van der Waals surface area (Å²) >= 11 is 5.04. The van der Waals surface area contributed by atoms with Crippen molar-refractivity contribution in [2.75, 3.05) is 14.2 Å². The molecule has 0 heterocycles. The van der Waals surface area contributed by atoms with Crippen molar-refractivity contribution < 1.29 is 23.8 Å². The van der Waals surface area contributed by atoms with Gasteiger partial charge in [-0.2, -0.15) is 0 Å². The Balaban J connectivity index is 2.02. The Kier molecular flexibility index (Phi) is 6.87. The van der Waals surface area contributed by atoms with Crippen molar-refractivity contribution >= 4 is 34.8 Å². The van der Waals surface area contributed by atoms with Crippen LogP contribution in [-0.4, -0.2) is 31.3 Å². The number of carbonyl (C=O) groups is 2. The van der Waals surface area contributed by atoms with Gasteiger partial charge in [0.25, 0.3) is 11.1 Å². The predicted molar refractivity (Wildman–Crippen MR) is 101 cm³/mol. The van der Waals surface area contributed by atoms with Gasteiger partial charge in [0.15, 0.2) is 0 Å². The first-order chi connectivity index (χ1) is 12.5. The van der Waals surface area contributed by atoms with Gasteiger partial charge in [0, 0.05) is 5.56 Å². The molecule has 0 radical (unpaired) electrons. The molecule has 0 aliphatic rings. The third-order valence-corrected chi connectivity index (χ3v) is 3.45. The zero-order chi connectivity index (χ0) is 18.9. The number of thiocarbonyl (C=S) groups is 1. The van der Waals surface area contributed by atoms with Crippen LogP contribution in [0.5, 0.6) is 5.75 Å². The third kappa shape index (κ3) is 5.15. The highest BCUT2D eigenvalue weighted by molar-refractivity contribution is 7.80. The number of benzene rings is 2. The van der Waals surface area contributed by atoms with Gasteiger partial charge in [0.2, 0.25) is 0 Å². The van der Waals surface area contributed by atoms with E-state index in [1.807, 2.05) is 6.07 Å². The Morgan fingerprint density at radius 3 is 2.19 bits per heavy atom. The number of hydrogen-bond donors (Lipinski definition) is 1. The summed E-state index contributed by atoms with van der Waals surface area (Å²) in [5.74, 6) is -0.469. The molecule has 2 aromatic rings. The molecule has 2 rings (SSSR count). The molecule has 1 amide bonds. The molecule has 0 atom stereocenters. The maximum Gasteiger partial charge on any atom is 0.341 e. The van der Waals surface area contributed by atoms with Crippen LogP contribution >= 0.6 is 12.2 Å². The summed E-state index contributed by atoms with van der Waals surface area (Å²) in [5, 5.41) is 2.42. The third-order valence-electron chi connectivity index (χ3n) is 3.27. The van der Waals surface area contributed by atoms with Crippen LogP contribution in [0.2, 0.25) is 0 Å². The van der Waals surface area contributed by atoms with Crippen molar-refractivity contribution in [1.29, 1.82) is 0 Å². The normalized spacial score (nSPS) is 10.6. The SMILES string of the molecule is CO/C=C(\C(=O)OC)c1ccc(OC(=S)NC(=O)c2ccccc2)cc1. The molecule has 0 aromatic heterocycles. The topological polar surface area (TPSA) is 73.9 Å². The van der Waals surface area contributed by atoms with Crippen LogP contribution in [0.15, 0.2) is 60.9 Å². The molecular weight excluding hydrogens is 354 g/mol. The van der Waals surface area contributed by atoms with Gasteiger partial charge < -0.3 is 14.2 Å². The van der Waals surface area contributed by atoms with Crippen molar-refractivity contribution in [1.82, 2.24) is 5.32 Å². The van der Waals surface area contributed by atoms with Gasteiger partial charge in [-0.3, -0.25) is 10.1 Å². The lowest BCUT2D eigenvalue weighted by atomic mass is 10.1. The zero-order valence-electron chi connectivity index (χ0n) is 14.2. The highest BCUT2D eigenvalue weighted by Crippen LogP contribution is 2.20. The highest BCUT2D eigenvalue weighted by Gasteiger charge is 2.14. The first-order valence-electron chi connectivity index (χ1n) is 7.55. The standard InChI is InChI=1S/C19H17NO5S/c1-23-12-16(18(22)24-2)13-8-10-15(11-9-13)25-19(26)20-17(21)14-6-4-3-5-7-14/h3-12H,1-2H3,(H,20,21,26)/b16-12-. The second-order valence-electron chi connectivity index (χ2n) is 4.99. The minimum absolute atomic E-state index is 0.0766. The monoisotopic (exact) mass is 371 g/mol. The van der Waals surface area contributed by atoms with Gasteiger partial charge in [-0.15, -0.1) is 0 Å². The molecule has 1 N–H and O–H groups in total. The Hall–Kier alpha value is -3.19. The molecular formula is C19H17NO5S. The molecule has 0 saturated heterocycles. The van der Waals surface area contributed by atoms with Gasteiger partial charge in [0.05, 0.1) is 20.5 Å². The predicted octanol–water partition coefficient (Wildman–Crippen LogP) is 2.94. The van der Waals surface area contributed by atoms with Crippen LogP contribution in [0.1, 0.15) is 15.9 Å². The Morgan fingerprint density at radius 2 is 1.62 bits per heavy atom. The summed E-state index contributed by atoms with van der Waals surface area (Å²) in [4.78, 5) is 23.8. The molecule has 0 saturated carbocycles. The fourth-order valence-corrected chi connectivity index (χ4v) is 2.24. The maximum absolute atomic E-state index is 12.0. The van der Waals surface area contributed by atoms with E-state index in [1.165, 1.54) is 20.5 Å². The quantitative estimate of drug-likeness (QED) is 0.377. The van der Waals surface area contributed by atoms with E-state index in [-0.39, 0.29) is 16.7 Å². The molecule has 6 nitrogen and oxygen atoms in total. The Labute approximate surface area is 156 Å². The molecule has 0 fully saturated rings. The lowest BCUT2D eigenvalue weighted by Gasteiger charge is -2.10. The van der Waals surface area contributed by atoms with Crippen LogP contribution in [0.4, 0.5) is 0 Å². The lowest BCUT2D eigenvalue weighted by Crippen LogP contribution is -2.32. The molecule has 26 heavy (non-hydrogen) atoms. The van der Waals surface area contributed by atoms with Gasteiger partial charge in [-0.05, 0) is 42.0 Å². The van der Waals surface area contributed by atoms with Crippen LogP contribution in [0.25, 0.3) is 5.57 Å². The van der Waals surface area contributed by atoms with E-state index in [2.05, 4.69) is 5.32 Å². The van der Waals surface area contributed by atoms with Crippen molar-refractivity contribution in [2.24, 2.45) is 0 Å². The summed E-state index contributed by atoms with van der Waals surface area (Å²) in [6, 6.07) is 15.2. The smallest absolute Gasteiger partial charge is 0.341 e. The maximum atomic E-state index is 12.0. The number of nitrogens with one attached hydrogen (secondary N) is 1. The second kappa shape index (κ2) is 9.33. The van der Waals surface area contributed by atoms with E-state index < -0.39 is 5.97 Å². The number of carbonyl (C=O) groups excluding carboxylic acids is 2. The number of rotatable bonds is 5. The van der Waals surface area contributed by atoms with E-state index >= 15 is 0 Å². The van der Waals surface area contributed by atoms with Crippen LogP contribution in [-0.2, 0) is 14.3 Å². The number of hydrogen-bond acceptors (Lipinski definition) is 6. The van der Waals surface area contributed by atoms with Gasteiger partial charge in [-0.1, -0.05) is 30.3 Å². The molecule has 0 bridgehead atoms. The number of esters is 1. The van der Waals surface area contributed by atoms with E-state index in [4.69, 9.17) is 26.4 Å². The van der Waals surface area contributed by atoms with Crippen molar-refractivity contribution in [2.45, 2.75) is 0 Å². The summed E-state index contributed by atoms with van der Waals surface area (Å²) in [5.41, 5.74) is 1.33. The van der Waals surface area contributed by atoms with Gasteiger partial charge >= 0.3 is 5.97 Å². The summed E-state index contributed by atoms with van der Waals surface area (Å²) in [6.45, 7) is 0. The molecule has 0 unspecified atom stereocenters. The fraction of sp³-hybridized carbons (Fsp3) is 0.105. The largest absolute Gasteiger partial charge is 0.503 e. The average molecular weight is 371 g/mol. The van der Waals surface area contributed by atoms with E-state index in [9.17, 15) is 9.59 Å². The van der Waals surface area contributed by atoms with Gasteiger partial charge in [-0.25, -0.2) is 4.79 Å². The van der Waals surface area contributed by atoms with Crippen molar-refractivity contribution in [3.63, 3.8) is 0 Å². The van der Waals surface area contributed by atoms with E-state index in [0.29, 0.717) is 16.9 Å². The second-order valence-corrected chi connectivity index (χ2v) is 5.36. The van der Waals surface area contributed by atoms with Gasteiger partial charge in [0.1, 0.15) is 11.3 Å². The van der Waals surface area contributed by atoms with Crippen LogP contribution in [0.3, 0.4) is 0 Å². The first kappa shape index (κ1) is 19.1. The van der Waals surface area contributed by atoms with Crippen LogP contribution in [0, 0.1) is 0 Å². The molecule has 134 valence electrons. The van der Waals surface area contributed by atoms with E-state index in [0.717, 1.165) is 0 Å². The number of methoxy groups -OCH3 is 2. The molecule has 0 aliphatic heterocycles. The van der Waals surface area contributed by atoms with E-state index in [1.54, 1.807) is 48.5 Å². The van der Waals surface area contributed by atoms with Crippen molar-refractivity contribution in [3.8, 4) is 5.75 Å². The van der Waals surface area contributed by atoms with Crippen molar-refractivity contribution in [3.05, 3.63) is 72.0 Å². The number of ether oxygens (including phenoxy) is 3. The summed E-state index contributed by atoms with van der Waals surface area (Å²) in [6.07, 6.45) is 1.30. The molecule has 0 aliphatic carbocycles. The summed E-state index contributed by atoms with van der Waals surface area (Å²) in [7, 11) is 2.73. The van der Waals surface area contributed by atoms with Crippen LogP contribution < -0.4 is 10.1 Å². The molecule has 2 aromatic carbocycles. The highest BCUT2D eigenvalue weighted by atomic mass is 32.1. The average Bonchev–Trinajstić information content (AvgIpc) is 2.67.